The first-order valence-corrected chi connectivity index (χ1v) is 5.41. The molecule has 0 spiro atoms. The van der Waals surface area contributed by atoms with E-state index in [0.717, 1.165) is 13.0 Å². The average Bonchev–Trinajstić information content (AvgIpc) is 2.30. The summed E-state index contributed by atoms with van der Waals surface area (Å²) < 4.78 is 0. The predicted molar refractivity (Wildman–Crippen MR) is 65.4 cm³/mol. The molecule has 0 saturated heterocycles. The van der Waals surface area contributed by atoms with Crippen LogP contribution in [0.5, 0.6) is 0 Å². The lowest BCUT2D eigenvalue weighted by molar-refractivity contribution is 0.982. The first-order valence-electron chi connectivity index (χ1n) is 5.41. The van der Waals surface area contributed by atoms with E-state index in [1.165, 1.54) is 11.1 Å². The standard InChI is InChI=1S/C13H15N3/c1-11-4-2-5-12(10-11)6-9-16-13-14-7-3-8-15-13/h2-5,7-8,10H,6,9H2,1H3,(H,14,15,16). The molecule has 1 aromatic heterocycles. The number of benzene rings is 1. The van der Waals surface area contributed by atoms with E-state index < -0.39 is 0 Å². The van der Waals surface area contributed by atoms with Crippen LogP contribution in [0.15, 0.2) is 42.7 Å². The van der Waals surface area contributed by atoms with Crippen LogP contribution in [0.4, 0.5) is 5.95 Å². The van der Waals surface area contributed by atoms with Gasteiger partial charge in [0.25, 0.3) is 0 Å². The molecule has 0 saturated carbocycles. The van der Waals surface area contributed by atoms with Gasteiger partial charge in [-0.05, 0) is 25.0 Å². The Morgan fingerprint density at radius 3 is 2.69 bits per heavy atom. The minimum absolute atomic E-state index is 0.690. The molecular weight excluding hydrogens is 198 g/mol. The molecule has 0 unspecified atom stereocenters. The van der Waals surface area contributed by atoms with Gasteiger partial charge >= 0.3 is 0 Å². The maximum absolute atomic E-state index is 4.11. The van der Waals surface area contributed by atoms with Gasteiger partial charge in [0.15, 0.2) is 0 Å². The van der Waals surface area contributed by atoms with Gasteiger partial charge < -0.3 is 5.32 Å². The second kappa shape index (κ2) is 5.26. The van der Waals surface area contributed by atoms with E-state index >= 15 is 0 Å². The maximum atomic E-state index is 4.11. The lowest BCUT2D eigenvalue weighted by Gasteiger charge is -2.04. The first kappa shape index (κ1) is 10.6. The van der Waals surface area contributed by atoms with Crippen LogP contribution < -0.4 is 5.32 Å². The Morgan fingerprint density at radius 1 is 1.12 bits per heavy atom. The number of hydrogen-bond acceptors (Lipinski definition) is 3. The predicted octanol–water partition coefficient (Wildman–Crippen LogP) is 2.44. The van der Waals surface area contributed by atoms with E-state index in [4.69, 9.17) is 0 Å². The molecule has 0 radical (unpaired) electrons. The van der Waals surface area contributed by atoms with Crippen molar-refractivity contribution in [3.63, 3.8) is 0 Å². The Balaban J connectivity index is 1.85. The summed E-state index contributed by atoms with van der Waals surface area (Å²) in [5.41, 5.74) is 2.64. The van der Waals surface area contributed by atoms with Crippen LogP contribution in [0.1, 0.15) is 11.1 Å². The zero-order chi connectivity index (χ0) is 11.2. The fourth-order valence-corrected chi connectivity index (χ4v) is 1.58. The van der Waals surface area contributed by atoms with Gasteiger partial charge in [0.05, 0.1) is 0 Å². The minimum atomic E-state index is 0.690. The van der Waals surface area contributed by atoms with Crippen LogP contribution in [0, 0.1) is 6.92 Å². The van der Waals surface area contributed by atoms with E-state index in [0.29, 0.717) is 5.95 Å². The van der Waals surface area contributed by atoms with Crippen LogP contribution in [0.2, 0.25) is 0 Å². The molecule has 0 aliphatic heterocycles. The molecule has 16 heavy (non-hydrogen) atoms. The molecule has 1 heterocycles. The van der Waals surface area contributed by atoms with Gasteiger partial charge in [-0.3, -0.25) is 0 Å². The van der Waals surface area contributed by atoms with Crippen molar-refractivity contribution in [1.29, 1.82) is 0 Å². The van der Waals surface area contributed by atoms with Crippen LogP contribution in [0.25, 0.3) is 0 Å². The summed E-state index contributed by atoms with van der Waals surface area (Å²) in [5.74, 6) is 0.690. The molecule has 0 aliphatic rings. The summed E-state index contributed by atoms with van der Waals surface area (Å²) in [5, 5.41) is 3.19. The van der Waals surface area contributed by atoms with E-state index in [1.54, 1.807) is 12.4 Å². The van der Waals surface area contributed by atoms with Gasteiger partial charge in [-0.1, -0.05) is 29.8 Å². The third kappa shape index (κ3) is 3.05. The zero-order valence-corrected chi connectivity index (χ0v) is 9.35. The normalized spacial score (nSPS) is 10.1. The van der Waals surface area contributed by atoms with Crippen molar-refractivity contribution < 1.29 is 0 Å². The Kier molecular flexibility index (Phi) is 3.49. The van der Waals surface area contributed by atoms with Crippen molar-refractivity contribution in [1.82, 2.24) is 9.97 Å². The van der Waals surface area contributed by atoms with Gasteiger partial charge in [-0.15, -0.1) is 0 Å². The van der Waals surface area contributed by atoms with Crippen LogP contribution >= 0.6 is 0 Å². The number of aromatic nitrogens is 2. The third-order valence-electron chi connectivity index (χ3n) is 2.35. The lowest BCUT2D eigenvalue weighted by Crippen LogP contribution is -2.07. The zero-order valence-electron chi connectivity index (χ0n) is 9.35. The molecule has 0 aliphatic carbocycles. The molecule has 3 heteroatoms. The van der Waals surface area contributed by atoms with E-state index in [2.05, 4.69) is 46.5 Å². The van der Waals surface area contributed by atoms with Crippen LogP contribution in [0.3, 0.4) is 0 Å². The Labute approximate surface area is 95.6 Å². The van der Waals surface area contributed by atoms with Crippen molar-refractivity contribution in [2.45, 2.75) is 13.3 Å². The van der Waals surface area contributed by atoms with Crippen molar-refractivity contribution in [3.05, 3.63) is 53.9 Å². The monoisotopic (exact) mass is 213 g/mol. The van der Waals surface area contributed by atoms with Gasteiger partial charge in [0, 0.05) is 18.9 Å². The average molecular weight is 213 g/mol. The van der Waals surface area contributed by atoms with Gasteiger partial charge in [0.1, 0.15) is 0 Å². The number of aryl methyl sites for hydroxylation is 1. The highest BCUT2D eigenvalue weighted by Gasteiger charge is 1.95. The smallest absolute Gasteiger partial charge is 0.222 e. The molecule has 82 valence electrons. The molecule has 0 fully saturated rings. The second-order valence-corrected chi connectivity index (χ2v) is 3.74. The topological polar surface area (TPSA) is 37.8 Å². The number of nitrogens with zero attached hydrogens (tertiary/aromatic N) is 2. The Morgan fingerprint density at radius 2 is 1.94 bits per heavy atom. The minimum Gasteiger partial charge on any atom is -0.354 e. The molecule has 1 N–H and O–H groups in total. The largest absolute Gasteiger partial charge is 0.354 e. The van der Waals surface area contributed by atoms with Crippen molar-refractivity contribution in [3.8, 4) is 0 Å². The van der Waals surface area contributed by atoms with Crippen molar-refractivity contribution in [2.75, 3.05) is 11.9 Å². The Hall–Kier alpha value is -1.90. The highest BCUT2D eigenvalue weighted by molar-refractivity contribution is 5.25. The molecule has 0 amide bonds. The molecular formula is C13H15N3. The second-order valence-electron chi connectivity index (χ2n) is 3.74. The fourth-order valence-electron chi connectivity index (χ4n) is 1.58. The van der Waals surface area contributed by atoms with Gasteiger partial charge in [-0.25, -0.2) is 9.97 Å². The van der Waals surface area contributed by atoms with E-state index in [1.807, 2.05) is 6.07 Å². The van der Waals surface area contributed by atoms with Crippen molar-refractivity contribution >= 4 is 5.95 Å². The van der Waals surface area contributed by atoms with Crippen molar-refractivity contribution in [2.24, 2.45) is 0 Å². The molecule has 1 aromatic carbocycles. The van der Waals surface area contributed by atoms with E-state index in [9.17, 15) is 0 Å². The summed E-state index contributed by atoms with van der Waals surface area (Å²) in [6.45, 7) is 2.96. The molecule has 0 bridgehead atoms. The summed E-state index contributed by atoms with van der Waals surface area (Å²) in [6, 6.07) is 10.3. The fraction of sp³-hybridized carbons (Fsp3) is 0.231. The summed E-state index contributed by atoms with van der Waals surface area (Å²) >= 11 is 0. The van der Waals surface area contributed by atoms with Gasteiger partial charge in [-0.2, -0.15) is 0 Å². The quantitative estimate of drug-likeness (QED) is 0.847. The SMILES string of the molecule is Cc1cccc(CCNc2ncccn2)c1. The summed E-state index contributed by atoms with van der Waals surface area (Å²) in [7, 11) is 0. The Bertz CT molecular complexity index is 440. The first-order chi connectivity index (χ1) is 7.84. The molecule has 3 nitrogen and oxygen atoms in total. The number of nitrogens with one attached hydrogen (secondary N) is 1. The molecule has 0 atom stereocenters. The number of anilines is 1. The highest BCUT2D eigenvalue weighted by Crippen LogP contribution is 2.04. The molecule has 2 aromatic rings. The van der Waals surface area contributed by atoms with Gasteiger partial charge in [0.2, 0.25) is 5.95 Å². The van der Waals surface area contributed by atoms with E-state index in [-0.39, 0.29) is 0 Å². The van der Waals surface area contributed by atoms with Crippen LogP contribution in [-0.2, 0) is 6.42 Å². The summed E-state index contributed by atoms with van der Waals surface area (Å²) in [6.07, 6.45) is 4.46. The number of rotatable bonds is 4. The molecule has 2 rings (SSSR count). The lowest BCUT2D eigenvalue weighted by atomic mass is 10.1. The third-order valence-corrected chi connectivity index (χ3v) is 2.35. The highest BCUT2D eigenvalue weighted by atomic mass is 15.1. The number of hydrogen-bond donors (Lipinski definition) is 1. The van der Waals surface area contributed by atoms with Crippen LogP contribution in [-0.4, -0.2) is 16.5 Å². The maximum Gasteiger partial charge on any atom is 0.222 e. The summed E-state index contributed by atoms with van der Waals surface area (Å²) in [4.78, 5) is 8.21.